The molecule has 1 aliphatic carbocycles. The zero-order valence-corrected chi connectivity index (χ0v) is 11.0. The molecule has 1 aliphatic rings. The van der Waals surface area contributed by atoms with E-state index in [0.29, 0.717) is 0 Å². The molecule has 0 saturated heterocycles. The van der Waals surface area contributed by atoms with Gasteiger partial charge in [0.15, 0.2) is 0 Å². The fourth-order valence-corrected chi connectivity index (χ4v) is 2.26. The van der Waals surface area contributed by atoms with E-state index >= 15 is 0 Å². The Morgan fingerprint density at radius 1 is 1.14 bits per heavy atom. The van der Waals surface area contributed by atoms with Crippen molar-refractivity contribution in [1.82, 2.24) is 4.90 Å². The molecule has 1 nitrogen and oxygen atoms in total. The van der Waals surface area contributed by atoms with Crippen molar-refractivity contribution in [2.75, 3.05) is 6.54 Å². The second-order valence-electron chi connectivity index (χ2n) is 4.28. The van der Waals surface area contributed by atoms with Crippen LogP contribution < -0.4 is 0 Å². The standard InChI is InChI=1S/C11H23N.C2H6/c1-5-11(9(3)4)12(6-2)10-7-8-10;1-2/h9-11H,5-8H2,1-4H3;1-2H3. The summed E-state index contributed by atoms with van der Waals surface area (Å²) < 4.78 is 0. The predicted molar refractivity (Wildman–Crippen MR) is 65.7 cm³/mol. The van der Waals surface area contributed by atoms with Crippen molar-refractivity contribution in [1.29, 1.82) is 0 Å². The molecule has 1 unspecified atom stereocenters. The Kier molecular flexibility index (Phi) is 7.26. The molecule has 0 heterocycles. The van der Waals surface area contributed by atoms with Gasteiger partial charge in [-0.05, 0) is 31.7 Å². The van der Waals surface area contributed by atoms with Gasteiger partial charge in [0.05, 0.1) is 0 Å². The first-order valence-electron chi connectivity index (χ1n) is 6.46. The molecular formula is C13H29N. The molecule has 0 radical (unpaired) electrons. The molecule has 86 valence electrons. The molecule has 0 spiro atoms. The van der Waals surface area contributed by atoms with Crippen LogP contribution in [-0.2, 0) is 0 Å². The van der Waals surface area contributed by atoms with Crippen LogP contribution in [0.3, 0.4) is 0 Å². The Balaban J connectivity index is 0.000000791. The van der Waals surface area contributed by atoms with Gasteiger partial charge >= 0.3 is 0 Å². The molecule has 1 atom stereocenters. The third-order valence-corrected chi connectivity index (χ3v) is 2.99. The van der Waals surface area contributed by atoms with Crippen molar-refractivity contribution < 1.29 is 0 Å². The van der Waals surface area contributed by atoms with Gasteiger partial charge in [-0.1, -0.05) is 41.5 Å². The predicted octanol–water partition coefficient (Wildman–Crippen LogP) is 3.93. The van der Waals surface area contributed by atoms with E-state index in [9.17, 15) is 0 Å². The van der Waals surface area contributed by atoms with Gasteiger partial charge in [0.2, 0.25) is 0 Å². The van der Waals surface area contributed by atoms with Gasteiger partial charge < -0.3 is 0 Å². The SMILES string of the molecule is CC.CCC(C(C)C)N(CC)C1CC1. The number of hydrogen-bond acceptors (Lipinski definition) is 1. The van der Waals surface area contributed by atoms with Crippen LogP contribution in [0.25, 0.3) is 0 Å². The normalized spacial score (nSPS) is 18.0. The molecule has 0 aliphatic heterocycles. The van der Waals surface area contributed by atoms with E-state index in [4.69, 9.17) is 0 Å². The molecule has 0 aromatic rings. The lowest BCUT2D eigenvalue weighted by molar-refractivity contribution is 0.149. The highest BCUT2D eigenvalue weighted by Crippen LogP contribution is 2.31. The smallest absolute Gasteiger partial charge is 0.0118 e. The maximum absolute atomic E-state index is 2.70. The summed E-state index contributed by atoms with van der Waals surface area (Å²) in [5.74, 6) is 0.815. The quantitative estimate of drug-likeness (QED) is 0.648. The Hall–Kier alpha value is -0.0400. The minimum atomic E-state index is 0.815. The van der Waals surface area contributed by atoms with Crippen molar-refractivity contribution in [3.63, 3.8) is 0 Å². The minimum Gasteiger partial charge on any atom is -0.297 e. The summed E-state index contributed by atoms with van der Waals surface area (Å²) in [6.07, 6.45) is 4.19. The Labute approximate surface area is 90.9 Å². The summed E-state index contributed by atoms with van der Waals surface area (Å²) in [6, 6.07) is 1.75. The molecule has 0 bridgehead atoms. The van der Waals surface area contributed by atoms with Crippen LogP contribution in [0, 0.1) is 5.92 Å². The Bertz CT molecular complexity index is 119. The van der Waals surface area contributed by atoms with Crippen molar-refractivity contribution >= 4 is 0 Å². The highest BCUT2D eigenvalue weighted by atomic mass is 15.2. The summed E-state index contributed by atoms with van der Waals surface area (Å²) in [5, 5.41) is 0. The molecule has 1 saturated carbocycles. The van der Waals surface area contributed by atoms with Crippen molar-refractivity contribution in [3.8, 4) is 0 Å². The number of hydrogen-bond donors (Lipinski definition) is 0. The molecule has 14 heavy (non-hydrogen) atoms. The number of rotatable bonds is 5. The van der Waals surface area contributed by atoms with Crippen LogP contribution in [0.2, 0.25) is 0 Å². The van der Waals surface area contributed by atoms with Crippen LogP contribution in [0.4, 0.5) is 0 Å². The molecule has 0 aromatic carbocycles. The summed E-state index contributed by atoms with van der Waals surface area (Å²) in [7, 11) is 0. The van der Waals surface area contributed by atoms with E-state index in [2.05, 4.69) is 32.6 Å². The van der Waals surface area contributed by atoms with E-state index in [1.54, 1.807) is 0 Å². The minimum absolute atomic E-state index is 0.815. The monoisotopic (exact) mass is 199 g/mol. The first-order chi connectivity index (χ1) is 6.70. The molecule has 0 aromatic heterocycles. The first kappa shape index (κ1) is 14.0. The molecule has 0 amide bonds. The highest BCUT2D eigenvalue weighted by Gasteiger charge is 2.32. The van der Waals surface area contributed by atoms with Crippen LogP contribution in [0.5, 0.6) is 0 Å². The molecule has 1 rings (SSSR count). The topological polar surface area (TPSA) is 3.24 Å². The average Bonchev–Trinajstić information content (AvgIpc) is 3.00. The van der Waals surface area contributed by atoms with Gasteiger partial charge in [0.25, 0.3) is 0 Å². The van der Waals surface area contributed by atoms with Crippen LogP contribution >= 0.6 is 0 Å². The van der Waals surface area contributed by atoms with Crippen LogP contribution in [-0.4, -0.2) is 23.5 Å². The second-order valence-corrected chi connectivity index (χ2v) is 4.28. The van der Waals surface area contributed by atoms with Gasteiger partial charge in [0, 0.05) is 12.1 Å². The molecular weight excluding hydrogens is 170 g/mol. The van der Waals surface area contributed by atoms with E-state index < -0.39 is 0 Å². The van der Waals surface area contributed by atoms with Crippen LogP contribution in [0.15, 0.2) is 0 Å². The fourth-order valence-electron chi connectivity index (χ4n) is 2.26. The lowest BCUT2D eigenvalue weighted by atomic mass is 10.00. The Morgan fingerprint density at radius 2 is 1.64 bits per heavy atom. The van der Waals surface area contributed by atoms with Gasteiger partial charge in [-0.3, -0.25) is 4.90 Å². The fraction of sp³-hybridized carbons (Fsp3) is 1.00. The van der Waals surface area contributed by atoms with Gasteiger partial charge in [-0.15, -0.1) is 0 Å². The largest absolute Gasteiger partial charge is 0.297 e. The summed E-state index contributed by atoms with van der Waals surface area (Å²) in [4.78, 5) is 2.70. The third kappa shape index (κ3) is 4.00. The Morgan fingerprint density at radius 3 is 1.86 bits per heavy atom. The summed E-state index contributed by atoms with van der Waals surface area (Å²) in [5.41, 5.74) is 0. The first-order valence-corrected chi connectivity index (χ1v) is 6.46. The van der Waals surface area contributed by atoms with E-state index in [1.807, 2.05) is 13.8 Å². The molecule has 1 heteroatoms. The van der Waals surface area contributed by atoms with Gasteiger partial charge in [-0.25, -0.2) is 0 Å². The number of nitrogens with zero attached hydrogens (tertiary/aromatic N) is 1. The average molecular weight is 199 g/mol. The van der Waals surface area contributed by atoms with E-state index in [0.717, 1.165) is 18.0 Å². The van der Waals surface area contributed by atoms with E-state index in [1.165, 1.54) is 25.8 Å². The second kappa shape index (κ2) is 7.28. The lowest BCUT2D eigenvalue weighted by Gasteiger charge is -2.33. The summed E-state index contributed by atoms with van der Waals surface area (Å²) in [6.45, 7) is 14.5. The van der Waals surface area contributed by atoms with Gasteiger partial charge in [-0.2, -0.15) is 0 Å². The zero-order valence-electron chi connectivity index (χ0n) is 11.0. The van der Waals surface area contributed by atoms with Crippen molar-refractivity contribution in [2.45, 2.75) is 72.9 Å². The highest BCUT2D eigenvalue weighted by molar-refractivity contribution is 4.88. The molecule has 1 fully saturated rings. The maximum atomic E-state index is 2.70. The van der Waals surface area contributed by atoms with Crippen molar-refractivity contribution in [3.05, 3.63) is 0 Å². The van der Waals surface area contributed by atoms with E-state index in [-0.39, 0.29) is 0 Å². The third-order valence-electron chi connectivity index (χ3n) is 2.99. The van der Waals surface area contributed by atoms with Crippen molar-refractivity contribution in [2.24, 2.45) is 5.92 Å². The lowest BCUT2D eigenvalue weighted by Crippen LogP contribution is -2.39. The van der Waals surface area contributed by atoms with Gasteiger partial charge in [0.1, 0.15) is 0 Å². The van der Waals surface area contributed by atoms with Crippen LogP contribution in [0.1, 0.15) is 60.8 Å². The maximum Gasteiger partial charge on any atom is 0.0118 e. The summed E-state index contributed by atoms with van der Waals surface area (Å²) >= 11 is 0. The zero-order chi connectivity index (χ0) is 11.1. The molecule has 0 N–H and O–H groups in total.